The zero-order valence-corrected chi connectivity index (χ0v) is 13.4. The van der Waals surface area contributed by atoms with E-state index in [2.05, 4.69) is 4.72 Å². The van der Waals surface area contributed by atoms with Crippen LogP contribution in [0.2, 0.25) is 0 Å². The molecule has 2 rings (SSSR count). The fourth-order valence-corrected chi connectivity index (χ4v) is 3.17. The summed E-state index contributed by atoms with van der Waals surface area (Å²) in [5, 5.41) is 8.65. The summed E-state index contributed by atoms with van der Waals surface area (Å²) < 4.78 is 45.3. The van der Waals surface area contributed by atoms with Gasteiger partial charge in [-0.1, -0.05) is 6.07 Å². The van der Waals surface area contributed by atoms with E-state index in [1.807, 2.05) is 0 Å². The van der Waals surface area contributed by atoms with Gasteiger partial charge in [-0.15, -0.1) is 0 Å². The van der Waals surface area contributed by atoms with E-state index < -0.39 is 21.8 Å². The average Bonchev–Trinajstić information content (AvgIpc) is 2.54. The van der Waals surface area contributed by atoms with Crippen LogP contribution < -0.4 is 9.46 Å². The lowest BCUT2D eigenvalue weighted by Gasteiger charge is -2.12. The van der Waals surface area contributed by atoms with Crippen LogP contribution >= 0.6 is 0 Å². The van der Waals surface area contributed by atoms with Gasteiger partial charge in [-0.3, -0.25) is 4.72 Å². The van der Waals surface area contributed by atoms with Crippen molar-refractivity contribution in [3.8, 4) is 5.75 Å². The van der Waals surface area contributed by atoms with Crippen LogP contribution in [0, 0.1) is 5.82 Å². The van der Waals surface area contributed by atoms with E-state index in [0.29, 0.717) is 5.56 Å². The molecule has 126 valence electrons. The maximum Gasteiger partial charge on any atom is 0.328 e. The minimum atomic E-state index is -4.01. The van der Waals surface area contributed by atoms with E-state index in [9.17, 15) is 17.6 Å². The van der Waals surface area contributed by atoms with Gasteiger partial charge < -0.3 is 9.84 Å². The Bertz CT molecular complexity index is 876. The number of anilines is 1. The number of rotatable bonds is 6. The molecule has 8 heteroatoms. The van der Waals surface area contributed by atoms with Crippen LogP contribution in [-0.4, -0.2) is 26.6 Å². The van der Waals surface area contributed by atoms with E-state index in [-0.39, 0.29) is 16.3 Å². The molecular formula is C16H14FNO5S. The fourth-order valence-electron chi connectivity index (χ4n) is 1.90. The second-order valence-electron chi connectivity index (χ2n) is 4.69. The molecular weight excluding hydrogens is 337 g/mol. The first-order valence-corrected chi connectivity index (χ1v) is 8.17. The van der Waals surface area contributed by atoms with Crippen molar-refractivity contribution in [2.24, 2.45) is 0 Å². The molecule has 0 aliphatic heterocycles. The molecule has 0 aliphatic rings. The minimum absolute atomic E-state index is 0.0945. The molecule has 2 aromatic carbocycles. The smallest absolute Gasteiger partial charge is 0.328 e. The predicted molar refractivity (Wildman–Crippen MR) is 86.9 cm³/mol. The number of carbonyl (C=O) groups is 1. The zero-order chi connectivity index (χ0) is 17.7. The molecule has 0 bridgehead atoms. The summed E-state index contributed by atoms with van der Waals surface area (Å²) in [6, 6.07) is 9.04. The summed E-state index contributed by atoms with van der Waals surface area (Å²) in [5.41, 5.74) is 0.558. The third-order valence-electron chi connectivity index (χ3n) is 2.99. The Kier molecular flexibility index (Phi) is 5.20. The van der Waals surface area contributed by atoms with E-state index >= 15 is 0 Å². The van der Waals surface area contributed by atoms with Crippen molar-refractivity contribution in [3.05, 3.63) is 59.9 Å². The molecule has 0 atom stereocenters. The summed E-state index contributed by atoms with van der Waals surface area (Å²) in [4.78, 5) is 10.4. The zero-order valence-electron chi connectivity index (χ0n) is 12.6. The molecule has 24 heavy (non-hydrogen) atoms. The van der Waals surface area contributed by atoms with Gasteiger partial charge in [0.25, 0.3) is 10.0 Å². The Labute approximate surface area is 138 Å². The largest absolute Gasteiger partial charge is 0.495 e. The van der Waals surface area contributed by atoms with Gasteiger partial charge in [-0.05, 0) is 48.0 Å². The first-order valence-electron chi connectivity index (χ1n) is 6.69. The molecule has 2 N–H and O–H groups in total. The van der Waals surface area contributed by atoms with Crippen molar-refractivity contribution >= 4 is 27.8 Å². The summed E-state index contributed by atoms with van der Waals surface area (Å²) in [5.74, 6) is -1.55. The molecule has 2 aromatic rings. The molecule has 0 heterocycles. The SMILES string of the molecule is COc1ccc(/C=C\C(=O)O)cc1S(=O)(=O)Nc1ccc(F)cc1. The van der Waals surface area contributed by atoms with Crippen LogP contribution in [0.1, 0.15) is 5.56 Å². The lowest BCUT2D eigenvalue weighted by molar-refractivity contribution is -0.131. The third kappa shape index (κ3) is 4.32. The number of aliphatic carboxylic acids is 1. The number of carboxylic acid groups (broad SMARTS) is 1. The highest BCUT2D eigenvalue weighted by molar-refractivity contribution is 7.92. The quantitative estimate of drug-likeness (QED) is 0.781. The number of hydrogen-bond donors (Lipinski definition) is 2. The van der Waals surface area contributed by atoms with Gasteiger partial charge in [0.15, 0.2) is 0 Å². The van der Waals surface area contributed by atoms with Gasteiger partial charge >= 0.3 is 5.97 Å². The fraction of sp³-hybridized carbons (Fsp3) is 0.0625. The normalized spacial score (nSPS) is 11.4. The van der Waals surface area contributed by atoms with Crippen LogP contribution in [0.5, 0.6) is 5.75 Å². The molecule has 0 fully saturated rings. The number of benzene rings is 2. The van der Waals surface area contributed by atoms with Crippen molar-refractivity contribution in [3.63, 3.8) is 0 Å². The van der Waals surface area contributed by atoms with Gasteiger partial charge in [0.05, 0.1) is 7.11 Å². The first-order chi connectivity index (χ1) is 11.3. The summed E-state index contributed by atoms with van der Waals surface area (Å²) in [7, 11) is -2.69. The summed E-state index contributed by atoms with van der Waals surface area (Å²) in [6.07, 6.45) is 2.16. The van der Waals surface area contributed by atoms with Gasteiger partial charge in [-0.25, -0.2) is 17.6 Å². The van der Waals surface area contributed by atoms with E-state index in [4.69, 9.17) is 9.84 Å². The third-order valence-corrected chi connectivity index (χ3v) is 4.39. The molecule has 0 aromatic heterocycles. The molecule has 0 saturated heterocycles. The monoisotopic (exact) mass is 351 g/mol. The maximum absolute atomic E-state index is 12.9. The molecule has 0 unspecified atom stereocenters. The Balaban J connectivity index is 2.41. The summed E-state index contributed by atoms with van der Waals surface area (Å²) >= 11 is 0. The highest BCUT2D eigenvalue weighted by Gasteiger charge is 2.20. The Morgan fingerprint density at radius 3 is 2.46 bits per heavy atom. The number of halogens is 1. The van der Waals surface area contributed by atoms with Crippen molar-refractivity contribution in [2.45, 2.75) is 4.90 Å². The number of sulfonamides is 1. The predicted octanol–water partition coefficient (Wildman–Crippen LogP) is 2.73. The standard InChI is InChI=1S/C16H14FNO5S/c1-23-14-8-2-11(3-9-16(19)20)10-15(14)24(21,22)18-13-6-4-12(17)5-7-13/h2-10,18H,1H3,(H,19,20)/b9-3-. The maximum atomic E-state index is 12.9. The van der Waals surface area contributed by atoms with E-state index in [1.165, 1.54) is 43.5 Å². The summed E-state index contributed by atoms with van der Waals surface area (Å²) in [6.45, 7) is 0. The number of ether oxygens (including phenoxy) is 1. The van der Waals surface area contributed by atoms with Gasteiger partial charge in [0.1, 0.15) is 16.5 Å². The number of hydrogen-bond acceptors (Lipinski definition) is 4. The Morgan fingerprint density at radius 1 is 1.21 bits per heavy atom. The van der Waals surface area contributed by atoms with Gasteiger partial charge in [-0.2, -0.15) is 0 Å². The van der Waals surface area contributed by atoms with E-state index in [0.717, 1.165) is 18.2 Å². The van der Waals surface area contributed by atoms with Crippen molar-refractivity contribution < 1.29 is 27.4 Å². The molecule has 0 spiro atoms. The average molecular weight is 351 g/mol. The highest BCUT2D eigenvalue weighted by Crippen LogP contribution is 2.27. The van der Waals surface area contributed by atoms with Crippen LogP contribution in [0.3, 0.4) is 0 Å². The Hall–Kier alpha value is -2.87. The lowest BCUT2D eigenvalue weighted by Crippen LogP contribution is -2.14. The van der Waals surface area contributed by atoms with E-state index in [1.54, 1.807) is 0 Å². The van der Waals surface area contributed by atoms with Gasteiger partial charge in [0, 0.05) is 11.8 Å². The first kappa shape index (κ1) is 17.5. The number of nitrogens with one attached hydrogen (secondary N) is 1. The van der Waals surface area contributed by atoms with Crippen LogP contribution in [0.25, 0.3) is 6.08 Å². The molecule has 0 amide bonds. The second-order valence-corrected chi connectivity index (χ2v) is 6.35. The second kappa shape index (κ2) is 7.14. The molecule has 6 nitrogen and oxygen atoms in total. The molecule has 0 saturated carbocycles. The molecule has 0 aliphatic carbocycles. The van der Waals surface area contributed by atoms with Crippen molar-refractivity contribution in [1.29, 1.82) is 0 Å². The van der Waals surface area contributed by atoms with Crippen molar-refractivity contribution in [2.75, 3.05) is 11.8 Å². The highest BCUT2D eigenvalue weighted by atomic mass is 32.2. The minimum Gasteiger partial charge on any atom is -0.495 e. The van der Waals surface area contributed by atoms with Crippen LogP contribution in [-0.2, 0) is 14.8 Å². The van der Waals surface area contributed by atoms with Gasteiger partial charge in [0.2, 0.25) is 0 Å². The number of carboxylic acids is 1. The topological polar surface area (TPSA) is 92.7 Å². The van der Waals surface area contributed by atoms with Crippen LogP contribution in [0.15, 0.2) is 53.4 Å². The van der Waals surface area contributed by atoms with Crippen molar-refractivity contribution in [1.82, 2.24) is 0 Å². The molecule has 0 radical (unpaired) electrons. The Morgan fingerprint density at radius 2 is 1.88 bits per heavy atom. The van der Waals surface area contributed by atoms with Crippen LogP contribution in [0.4, 0.5) is 10.1 Å². The number of methoxy groups -OCH3 is 1. The lowest BCUT2D eigenvalue weighted by atomic mass is 10.2.